The van der Waals surface area contributed by atoms with Crippen LogP contribution in [0.2, 0.25) is 0 Å². The van der Waals surface area contributed by atoms with E-state index in [4.69, 9.17) is 19.4 Å². The Morgan fingerprint density at radius 3 is 2.45 bits per heavy atom. The predicted molar refractivity (Wildman–Crippen MR) is 74.2 cm³/mol. The van der Waals surface area contributed by atoms with Crippen LogP contribution in [0, 0.1) is 20.8 Å². The molecule has 2 rings (SSSR count). The zero-order chi connectivity index (χ0) is 14.9. The van der Waals surface area contributed by atoms with E-state index in [0.29, 0.717) is 18.3 Å². The van der Waals surface area contributed by atoms with Gasteiger partial charge < -0.3 is 19.4 Å². The molecule has 6 nitrogen and oxygen atoms in total. The van der Waals surface area contributed by atoms with Gasteiger partial charge >= 0.3 is 0 Å². The van der Waals surface area contributed by atoms with Crippen LogP contribution in [0.4, 0.5) is 0 Å². The lowest BCUT2D eigenvalue weighted by molar-refractivity contribution is 0.0665. The Morgan fingerprint density at radius 2 is 1.90 bits per heavy atom. The van der Waals surface area contributed by atoms with E-state index in [9.17, 15) is 0 Å². The zero-order valence-corrected chi connectivity index (χ0v) is 12.6. The van der Waals surface area contributed by atoms with Gasteiger partial charge in [0.1, 0.15) is 11.5 Å². The van der Waals surface area contributed by atoms with Crippen LogP contribution >= 0.6 is 0 Å². The molecule has 110 valence electrons. The third-order valence-corrected chi connectivity index (χ3v) is 3.16. The van der Waals surface area contributed by atoms with Crippen molar-refractivity contribution >= 4 is 0 Å². The van der Waals surface area contributed by atoms with Gasteiger partial charge in [-0.15, -0.1) is 0 Å². The summed E-state index contributed by atoms with van der Waals surface area (Å²) in [6.45, 7) is 10.0. The second-order valence-electron chi connectivity index (χ2n) is 5.16. The lowest BCUT2D eigenvalue weighted by atomic mass is 10.1. The van der Waals surface area contributed by atoms with Gasteiger partial charge in [0, 0.05) is 5.56 Å². The van der Waals surface area contributed by atoms with Crippen LogP contribution in [0.3, 0.4) is 0 Å². The van der Waals surface area contributed by atoms with Gasteiger partial charge in [0.15, 0.2) is 5.82 Å². The normalized spacial score (nSPS) is 13.2. The maximum atomic E-state index is 5.98. The first-order chi connectivity index (χ1) is 9.40. The first kappa shape index (κ1) is 14.7. The Hall–Kier alpha value is -1.66. The summed E-state index contributed by atoms with van der Waals surface area (Å²) >= 11 is 0. The minimum Gasteiger partial charge on any atom is -0.466 e. The van der Waals surface area contributed by atoms with Gasteiger partial charge in [-0.1, -0.05) is 5.16 Å². The minimum atomic E-state index is -0.400. The Kier molecular flexibility index (Phi) is 4.25. The van der Waals surface area contributed by atoms with E-state index >= 15 is 0 Å². The zero-order valence-electron chi connectivity index (χ0n) is 12.6. The van der Waals surface area contributed by atoms with E-state index in [0.717, 1.165) is 22.6 Å². The number of rotatable bonds is 5. The molecule has 20 heavy (non-hydrogen) atoms. The Bertz CT molecular complexity index is 586. The Balaban J connectivity index is 2.20. The molecule has 0 aliphatic carbocycles. The molecule has 2 aromatic heterocycles. The summed E-state index contributed by atoms with van der Waals surface area (Å²) < 4.78 is 16.3. The van der Waals surface area contributed by atoms with Crippen molar-refractivity contribution in [2.45, 2.75) is 46.8 Å². The van der Waals surface area contributed by atoms with E-state index < -0.39 is 6.04 Å². The molecule has 1 atom stereocenters. The number of hydrogen-bond donors (Lipinski definition) is 1. The highest BCUT2D eigenvalue weighted by molar-refractivity contribution is 5.61. The van der Waals surface area contributed by atoms with Crippen LogP contribution in [0.5, 0.6) is 0 Å². The maximum absolute atomic E-state index is 5.98. The Morgan fingerprint density at radius 1 is 1.20 bits per heavy atom. The smallest absolute Gasteiger partial charge is 0.261 e. The second-order valence-corrected chi connectivity index (χ2v) is 5.16. The molecule has 0 aromatic carbocycles. The summed E-state index contributed by atoms with van der Waals surface area (Å²) in [4.78, 5) is 4.35. The molecule has 0 radical (unpaired) electrons. The van der Waals surface area contributed by atoms with Gasteiger partial charge in [0.05, 0.1) is 24.3 Å². The molecule has 0 saturated heterocycles. The monoisotopic (exact) mass is 279 g/mol. The van der Waals surface area contributed by atoms with Crippen molar-refractivity contribution in [3.63, 3.8) is 0 Å². The average molecular weight is 279 g/mol. The first-order valence-electron chi connectivity index (χ1n) is 6.68. The van der Waals surface area contributed by atoms with Gasteiger partial charge in [0.25, 0.3) is 5.89 Å². The number of aryl methyl sites for hydroxylation is 2. The first-order valence-corrected chi connectivity index (χ1v) is 6.68. The van der Waals surface area contributed by atoms with Crippen LogP contribution in [0.15, 0.2) is 8.94 Å². The SMILES string of the molecule is Cc1oc(C)c(-c2nc(C(N)COC(C)C)no2)c1C. The van der Waals surface area contributed by atoms with E-state index in [1.807, 2.05) is 34.6 Å². The topological polar surface area (TPSA) is 87.3 Å². The highest BCUT2D eigenvalue weighted by atomic mass is 16.5. The van der Waals surface area contributed by atoms with Crippen molar-refractivity contribution in [2.24, 2.45) is 5.73 Å². The summed E-state index contributed by atoms with van der Waals surface area (Å²) in [5.41, 5.74) is 7.83. The summed E-state index contributed by atoms with van der Waals surface area (Å²) in [5, 5.41) is 3.93. The van der Waals surface area contributed by atoms with Crippen molar-refractivity contribution in [1.82, 2.24) is 10.1 Å². The lowest BCUT2D eigenvalue weighted by Crippen LogP contribution is -2.20. The maximum Gasteiger partial charge on any atom is 0.261 e. The van der Waals surface area contributed by atoms with Crippen LogP contribution in [0.1, 0.15) is 42.8 Å². The van der Waals surface area contributed by atoms with Gasteiger partial charge in [-0.05, 0) is 34.6 Å². The molecular formula is C14H21N3O3. The standard InChI is InChI=1S/C14H21N3O3/c1-7(2)18-6-11(15)13-16-14(20-17-13)12-8(3)9(4)19-10(12)5/h7,11H,6,15H2,1-5H3. The van der Waals surface area contributed by atoms with Crippen molar-refractivity contribution in [3.05, 3.63) is 22.9 Å². The van der Waals surface area contributed by atoms with Gasteiger partial charge in [-0.2, -0.15) is 4.98 Å². The van der Waals surface area contributed by atoms with Gasteiger partial charge in [0.2, 0.25) is 0 Å². The van der Waals surface area contributed by atoms with Crippen LogP contribution in [-0.4, -0.2) is 22.9 Å². The molecule has 0 amide bonds. The molecule has 0 bridgehead atoms. The molecule has 2 aromatic rings. The highest BCUT2D eigenvalue weighted by Gasteiger charge is 2.21. The molecule has 0 fully saturated rings. The van der Waals surface area contributed by atoms with Crippen LogP contribution in [-0.2, 0) is 4.74 Å². The molecular weight excluding hydrogens is 258 g/mol. The largest absolute Gasteiger partial charge is 0.466 e. The van der Waals surface area contributed by atoms with E-state index in [-0.39, 0.29) is 6.10 Å². The quantitative estimate of drug-likeness (QED) is 0.905. The summed E-state index contributed by atoms with van der Waals surface area (Å²) in [6.07, 6.45) is 0.119. The fourth-order valence-electron chi connectivity index (χ4n) is 1.97. The van der Waals surface area contributed by atoms with Crippen LogP contribution in [0.25, 0.3) is 11.5 Å². The molecule has 2 N–H and O–H groups in total. The molecule has 0 spiro atoms. The summed E-state index contributed by atoms with van der Waals surface area (Å²) in [6, 6.07) is -0.400. The van der Waals surface area contributed by atoms with Gasteiger partial charge in [-0.3, -0.25) is 0 Å². The average Bonchev–Trinajstić information content (AvgIpc) is 2.93. The third-order valence-electron chi connectivity index (χ3n) is 3.16. The number of hydrogen-bond acceptors (Lipinski definition) is 6. The third kappa shape index (κ3) is 2.91. The number of furan rings is 1. The fourth-order valence-corrected chi connectivity index (χ4v) is 1.97. The number of ether oxygens (including phenoxy) is 1. The summed E-state index contributed by atoms with van der Waals surface area (Å²) in [7, 11) is 0. The number of nitrogens with zero attached hydrogens (tertiary/aromatic N) is 2. The molecule has 2 heterocycles. The van der Waals surface area contributed by atoms with Gasteiger partial charge in [-0.25, -0.2) is 0 Å². The van der Waals surface area contributed by atoms with E-state index in [1.165, 1.54) is 0 Å². The molecule has 1 unspecified atom stereocenters. The summed E-state index contributed by atoms with van der Waals surface area (Å²) in [5.74, 6) is 2.50. The van der Waals surface area contributed by atoms with E-state index in [2.05, 4.69) is 10.1 Å². The molecule has 0 saturated carbocycles. The Labute approximate surface area is 118 Å². The van der Waals surface area contributed by atoms with Crippen molar-refractivity contribution in [2.75, 3.05) is 6.61 Å². The molecule has 6 heteroatoms. The fraction of sp³-hybridized carbons (Fsp3) is 0.571. The van der Waals surface area contributed by atoms with Crippen molar-refractivity contribution in [3.8, 4) is 11.5 Å². The number of nitrogens with two attached hydrogens (primary N) is 1. The van der Waals surface area contributed by atoms with Crippen LogP contribution < -0.4 is 5.73 Å². The van der Waals surface area contributed by atoms with E-state index in [1.54, 1.807) is 0 Å². The molecule has 0 aliphatic rings. The predicted octanol–water partition coefficient (Wildman–Crippen LogP) is 2.68. The van der Waals surface area contributed by atoms with Crippen molar-refractivity contribution < 1.29 is 13.7 Å². The number of aromatic nitrogens is 2. The second kappa shape index (κ2) is 5.76. The lowest BCUT2D eigenvalue weighted by Gasteiger charge is -2.10. The molecule has 0 aliphatic heterocycles. The highest BCUT2D eigenvalue weighted by Crippen LogP contribution is 2.30. The van der Waals surface area contributed by atoms with Crippen molar-refractivity contribution in [1.29, 1.82) is 0 Å². The minimum absolute atomic E-state index is 0.119.